The standard InChI is InChI=1S/C31H29N5O2/c1-23-12-14-26(15-13-23)38-21-28(37)34-16-18-35(19-17-34)30-29-27(24-8-4-2-5-9-24)20-36(31(29)33-22-32-30)25-10-6-3-7-11-25/h2-15,20,22H,16-19,21H2,1H3. The third kappa shape index (κ3) is 4.70. The van der Waals surface area contributed by atoms with E-state index in [1.165, 1.54) is 0 Å². The number of aromatic nitrogens is 3. The van der Waals surface area contributed by atoms with Crippen LogP contribution in [0.5, 0.6) is 5.75 Å². The molecule has 2 aromatic heterocycles. The lowest BCUT2D eigenvalue weighted by Gasteiger charge is -2.35. The highest BCUT2D eigenvalue weighted by molar-refractivity contribution is 6.02. The smallest absolute Gasteiger partial charge is 0.260 e. The lowest BCUT2D eigenvalue weighted by molar-refractivity contribution is -0.133. The second-order valence-electron chi connectivity index (χ2n) is 9.48. The summed E-state index contributed by atoms with van der Waals surface area (Å²) in [7, 11) is 0. The molecule has 0 aliphatic carbocycles. The molecule has 3 heterocycles. The van der Waals surface area contributed by atoms with Crippen molar-refractivity contribution in [1.82, 2.24) is 19.4 Å². The topological polar surface area (TPSA) is 63.5 Å². The lowest BCUT2D eigenvalue weighted by atomic mass is 10.1. The molecule has 7 nitrogen and oxygen atoms in total. The van der Waals surface area contributed by atoms with Crippen molar-refractivity contribution < 1.29 is 9.53 Å². The number of para-hydroxylation sites is 1. The summed E-state index contributed by atoms with van der Waals surface area (Å²) < 4.78 is 7.86. The van der Waals surface area contributed by atoms with Crippen LogP contribution >= 0.6 is 0 Å². The molecule has 7 heteroatoms. The zero-order chi connectivity index (χ0) is 25.9. The zero-order valence-corrected chi connectivity index (χ0v) is 21.3. The van der Waals surface area contributed by atoms with E-state index >= 15 is 0 Å². The van der Waals surface area contributed by atoms with Crippen LogP contribution in [0.15, 0.2) is 97.5 Å². The monoisotopic (exact) mass is 503 g/mol. The summed E-state index contributed by atoms with van der Waals surface area (Å²) in [5.41, 5.74) is 5.28. The molecular weight excluding hydrogens is 474 g/mol. The highest BCUT2D eigenvalue weighted by Crippen LogP contribution is 2.37. The van der Waals surface area contributed by atoms with E-state index in [-0.39, 0.29) is 12.5 Å². The average molecular weight is 504 g/mol. The van der Waals surface area contributed by atoms with Crippen LogP contribution in [0.1, 0.15) is 5.56 Å². The van der Waals surface area contributed by atoms with Gasteiger partial charge >= 0.3 is 0 Å². The zero-order valence-electron chi connectivity index (χ0n) is 21.3. The highest BCUT2D eigenvalue weighted by Gasteiger charge is 2.26. The van der Waals surface area contributed by atoms with Crippen molar-refractivity contribution >= 4 is 22.8 Å². The predicted molar refractivity (Wildman–Crippen MR) is 150 cm³/mol. The molecule has 3 aromatic carbocycles. The van der Waals surface area contributed by atoms with E-state index in [1.807, 2.05) is 72.5 Å². The number of fused-ring (bicyclic) bond motifs is 1. The van der Waals surface area contributed by atoms with Crippen molar-refractivity contribution in [2.75, 3.05) is 37.7 Å². The van der Waals surface area contributed by atoms with E-state index in [0.717, 1.165) is 39.2 Å². The maximum Gasteiger partial charge on any atom is 0.260 e. The van der Waals surface area contributed by atoms with E-state index in [1.54, 1.807) is 6.33 Å². The number of hydrogen-bond donors (Lipinski definition) is 0. The van der Waals surface area contributed by atoms with Crippen LogP contribution in [-0.4, -0.2) is 58.1 Å². The van der Waals surface area contributed by atoms with E-state index in [4.69, 9.17) is 14.7 Å². The first-order valence-corrected chi connectivity index (χ1v) is 12.9. The van der Waals surface area contributed by atoms with Crippen molar-refractivity contribution in [3.63, 3.8) is 0 Å². The Balaban J connectivity index is 1.25. The number of nitrogens with zero attached hydrogens (tertiary/aromatic N) is 5. The summed E-state index contributed by atoms with van der Waals surface area (Å²) in [5.74, 6) is 1.60. The second-order valence-corrected chi connectivity index (χ2v) is 9.48. The molecule has 0 radical (unpaired) electrons. The first-order valence-electron chi connectivity index (χ1n) is 12.9. The van der Waals surface area contributed by atoms with Crippen LogP contribution in [0, 0.1) is 6.92 Å². The van der Waals surface area contributed by atoms with Crippen molar-refractivity contribution in [1.29, 1.82) is 0 Å². The Morgan fingerprint density at radius 1 is 0.842 bits per heavy atom. The number of carbonyl (C=O) groups is 1. The maximum atomic E-state index is 12.8. The third-order valence-electron chi connectivity index (χ3n) is 7.00. The van der Waals surface area contributed by atoms with Gasteiger partial charge in [0.25, 0.3) is 5.91 Å². The Morgan fingerprint density at radius 2 is 1.53 bits per heavy atom. The number of piperazine rings is 1. The predicted octanol–water partition coefficient (Wildman–Crippen LogP) is 5.12. The van der Waals surface area contributed by atoms with Gasteiger partial charge in [-0.2, -0.15) is 0 Å². The average Bonchev–Trinajstić information content (AvgIpc) is 3.38. The molecule has 5 aromatic rings. The fourth-order valence-corrected chi connectivity index (χ4v) is 4.95. The molecule has 1 saturated heterocycles. The fourth-order valence-electron chi connectivity index (χ4n) is 4.95. The summed E-state index contributed by atoms with van der Waals surface area (Å²) in [6, 6.07) is 28.4. The Hall–Kier alpha value is -4.65. The van der Waals surface area contributed by atoms with Crippen LogP contribution in [0.3, 0.4) is 0 Å². The van der Waals surface area contributed by atoms with Gasteiger partial charge in [-0.05, 0) is 36.8 Å². The Kier molecular flexibility index (Phi) is 6.48. The number of aryl methyl sites for hydroxylation is 1. The fraction of sp³-hybridized carbons (Fsp3) is 0.194. The van der Waals surface area contributed by atoms with Gasteiger partial charge in [-0.3, -0.25) is 4.79 Å². The van der Waals surface area contributed by atoms with Crippen LogP contribution < -0.4 is 9.64 Å². The Morgan fingerprint density at radius 3 is 2.24 bits per heavy atom. The highest BCUT2D eigenvalue weighted by atomic mass is 16.5. The number of hydrogen-bond acceptors (Lipinski definition) is 5. The molecule has 38 heavy (non-hydrogen) atoms. The summed E-state index contributed by atoms with van der Waals surface area (Å²) in [6.07, 6.45) is 3.79. The minimum absolute atomic E-state index is 0.00161. The number of amides is 1. The van der Waals surface area contributed by atoms with E-state index in [0.29, 0.717) is 31.9 Å². The van der Waals surface area contributed by atoms with Gasteiger partial charge in [0.15, 0.2) is 12.3 Å². The Bertz CT molecular complexity index is 1540. The number of rotatable bonds is 6. The van der Waals surface area contributed by atoms with E-state index in [2.05, 4.69) is 39.9 Å². The van der Waals surface area contributed by atoms with Gasteiger partial charge < -0.3 is 19.1 Å². The van der Waals surface area contributed by atoms with E-state index < -0.39 is 0 Å². The van der Waals surface area contributed by atoms with Crippen LogP contribution in [-0.2, 0) is 4.79 Å². The third-order valence-corrected chi connectivity index (χ3v) is 7.00. The molecule has 190 valence electrons. The van der Waals surface area contributed by atoms with Gasteiger partial charge in [-0.1, -0.05) is 66.2 Å². The van der Waals surface area contributed by atoms with Crippen LogP contribution in [0.2, 0.25) is 0 Å². The molecule has 1 aliphatic heterocycles. The molecule has 1 aliphatic rings. The summed E-state index contributed by atoms with van der Waals surface area (Å²) in [6.45, 7) is 4.67. The number of ether oxygens (including phenoxy) is 1. The quantitative estimate of drug-likeness (QED) is 0.322. The number of carbonyl (C=O) groups excluding carboxylic acids is 1. The molecular formula is C31H29N5O2. The van der Waals surface area contributed by atoms with Gasteiger partial charge in [0.05, 0.1) is 5.39 Å². The second kappa shape index (κ2) is 10.4. The lowest BCUT2D eigenvalue weighted by Crippen LogP contribution is -2.50. The summed E-state index contributed by atoms with van der Waals surface area (Å²) in [4.78, 5) is 26.4. The summed E-state index contributed by atoms with van der Waals surface area (Å²) in [5, 5.41) is 1.02. The van der Waals surface area contributed by atoms with Crippen molar-refractivity contribution in [3.8, 4) is 22.6 Å². The molecule has 0 spiro atoms. The van der Waals surface area contributed by atoms with E-state index in [9.17, 15) is 4.79 Å². The van der Waals surface area contributed by atoms with Gasteiger partial charge in [0, 0.05) is 43.6 Å². The van der Waals surface area contributed by atoms with Crippen LogP contribution in [0.25, 0.3) is 27.8 Å². The molecule has 0 saturated carbocycles. The van der Waals surface area contributed by atoms with Gasteiger partial charge in [0.2, 0.25) is 0 Å². The molecule has 1 amide bonds. The minimum Gasteiger partial charge on any atom is -0.484 e. The van der Waals surface area contributed by atoms with Crippen LogP contribution in [0.4, 0.5) is 5.82 Å². The molecule has 6 rings (SSSR count). The first kappa shape index (κ1) is 23.7. The van der Waals surface area contributed by atoms with Gasteiger partial charge in [-0.15, -0.1) is 0 Å². The SMILES string of the molecule is Cc1ccc(OCC(=O)N2CCN(c3ncnc4c3c(-c3ccccc3)cn4-c3ccccc3)CC2)cc1. The molecule has 1 fully saturated rings. The minimum atomic E-state index is -0.00161. The summed E-state index contributed by atoms with van der Waals surface area (Å²) >= 11 is 0. The van der Waals surface area contributed by atoms with Crippen molar-refractivity contribution in [3.05, 3.63) is 103 Å². The molecule has 0 unspecified atom stereocenters. The normalized spacial score (nSPS) is 13.6. The van der Waals surface area contributed by atoms with Gasteiger partial charge in [-0.25, -0.2) is 9.97 Å². The number of anilines is 1. The first-order chi connectivity index (χ1) is 18.7. The molecule has 0 bridgehead atoms. The van der Waals surface area contributed by atoms with Gasteiger partial charge in [0.1, 0.15) is 17.9 Å². The van der Waals surface area contributed by atoms with Crippen molar-refractivity contribution in [2.45, 2.75) is 6.92 Å². The Labute approximate surface area is 221 Å². The molecule has 0 N–H and O–H groups in total. The number of benzene rings is 3. The van der Waals surface area contributed by atoms with Crippen molar-refractivity contribution in [2.24, 2.45) is 0 Å². The molecule has 0 atom stereocenters. The largest absolute Gasteiger partial charge is 0.484 e. The maximum absolute atomic E-state index is 12.8.